The summed E-state index contributed by atoms with van der Waals surface area (Å²) in [6.07, 6.45) is 0. The zero-order valence-electron chi connectivity index (χ0n) is 22.1. The van der Waals surface area contributed by atoms with Gasteiger partial charge in [-0.1, -0.05) is 0 Å². The Labute approximate surface area is 253 Å². The van der Waals surface area contributed by atoms with E-state index in [0.29, 0.717) is 78.5 Å². The number of aliphatic carboxylic acids is 1. The van der Waals surface area contributed by atoms with E-state index in [9.17, 15) is 14.8 Å². The van der Waals surface area contributed by atoms with Crippen LogP contribution in [0.15, 0.2) is 5.29 Å². The minimum Gasteiger partial charge on any atom is -0.480 e. The van der Waals surface area contributed by atoms with Crippen LogP contribution in [-0.4, -0.2) is 132 Å². The van der Waals surface area contributed by atoms with E-state index < -0.39 is 38.2 Å². The number of nitrogens with zero attached hydrogens (tertiary/aromatic N) is 5. The van der Waals surface area contributed by atoms with Crippen LogP contribution in [0.5, 0.6) is 0 Å². The first-order valence-electron chi connectivity index (χ1n) is 11.4. The van der Waals surface area contributed by atoms with Gasteiger partial charge in [-0.2, -0.15) is 0 Å². The van der Waals surface area contributed by atoms with Crippen molar-refractivity contribution in [2.75, 3.05) is 85.1 Å². The molecule has 3 saturated heterocycles. The Bertz CT molecular complexity index is 694. The summed E-state index contributed by atoms with van der Waals surface area (Å²) in [4.78, 5) is 47.1. The van der Waals surface area contributed by atoms with Gasteiger partial charge in [-0.05, 0) is 0 Å². The second-order valence-corrected chi connectivity index (χ2v) is 8.94. The monoisotopic (exact) mass is 683 g/mol. The molecule has 24 nitrogen and oxygen atoms in total. The van der Waals surface area contributed by atoms with Crippen LogP contribution in [-0.2, 0) is 21.6 Å². The van der Waals surface area contributed by atoms with E-state index in [2.05, 4.69) is 37.2 Å². The number of hydrogen-bond acceptors (Lipinski definition) is 18. The predicted molar refractivity (Wildman–Crippen MR) is 143 cm³/mol. The minimum atomic E-state index is -1.75. The Morgan fingerprint density at radius 1 is 0.714 bits per heavy atom. The number of halogens is 1. The number of fused-ring (bicyclic) bond motifs is 15. The topological polar surface area (TPSA) is 372 Å². The summed E-state index contributed by atoms with van der Waals surface area (Å²) in [5.41, 5.74) is -0.801. The van der Waals surface area contributed by atoms with Crippen LogP contribution >= 0.6 is 11.6 Å². The molecule has 9 N–H and O–H groups in total. The van der Waals surface area contributed by atoms with Crippen LogP contribution in [0.1, 0.15) is 0 Å². The number of carbonyl (C=O) groups is 1. The van der Waals surface area contributed by atoms with Gasteiger partial charge >= 0.3 is 22.7 Å². The number of hydrogen-bond donors (Lipinski definition) is 7. The molecule has 0 aromatic heterocycles. The number of carboxylic acid groups (broad SMARTS) is 1. The van der Waals surface area contributed by atoms with Gasteiger partial charge in [0.15, 0.2) is 0 Å². The maximum Gasteiger partial charge on any atom is 3.00 e. The maximum atomic E-state index is 11.5. The second kappa shape index (κ2) is 26.9. The number of rotatable bonds is 4. The third kappa shape index (κ3) is 27.2. The average Bonchev–Trinajstić information content (AvgIpc) is 2.82. The molecule has 2 bridgehead atoms. The normalized spacial score (nSPS) is 22.7. The molecule has 0 radical (unpaired) electrons. The van der Waals surface area contributed by atoms with E-state index in [4.69, 9.17) is 57.6 Å². The smallest absolute Gasteiger partial charge is 0.480 e. The van der Waals surface area contributed by atoms with Crippen molar-refractivity contribution in [2.24, 2.45) is 5.29 Å². The third-order valence-corrected chi connectivity index (χ3v) is 5.46. The number of alkyl halides is 1. The molecular formula is C16H35ClCoN11O13. The molecule has 3 aliphatic rings. The van der Waals surface area contributed by atoms with Crippen LogP contribution in [0, 0.1) is 50.9 Å². The van der Waals surface area contributed by atoms with Gasteiger partial charge in [0, 0.05) is 78.5 Å². The Morgan fingerprint density at radius 2 is 0.952 bits per heavy atom. The third-order valence-electron chi connectivity index (χ3n) is 5.05. The van der Waals surface area contributed by atoms with E-state index in [1.54, 1.807) is 0 Å². The molecule has 0 saturated carbocycles. The molecule has 42 heavy (non-hydrogen) atoms. The van der Waals surface area contributed by atoms with Gasteiger partial charge in [0.1, 0.15) is 6.54 Å². The molecular weight excluding hydrogens is 649 g/mol. The van der Waals surface area contributed by atoms with Crippen molar-refractivity contribution in [3.8, 4) is 0 Å². The SMILES string of the molecule is O.O=NN(CC(=O)O)C12CNCCNCC(Cl)(CNCCNC1)CNCCNC2.O=[N+]([O-])[O-].O=[N+]([O-])[O-].O=[N+]([O-])[O-].[Co+3]. The standard InChI is InChI=1S/C16H33ClN8O3.Co.3NO3.H2O/c17-15-8-18-1-4-21-11-16(12-22-5-2-19-9-15,13-23-6-3-20-10-15)25(24-28)7-14(26)27;;3*2-1(3)4;/h18-23H,1-13H2,(H,26,27);;;;;1H2/q;+3;3*-1;. The Kier molecular flexibility index (Phi) is 29.4. The van der Waals surface area contributed by atoms with Crippen molar-refractivity contribution in [3.63, 3.8) is 0 Å². The van der Waals surface area contributed by atoms with E-state index in [0.717, 1.165) is 5.01 Å². The summed E-state index contributed by atoms with van der Waals surface area (Å²) in [6, 6.07) is 0. The first kappa shape index (κ1) is 46.0. The van der Waals surface area contributed by atoms with Crippen LogP contribution < -0.4 is 31.9 Å². The van der Waals surface area contributed by atoms with Crippen molar-refractivity contribution in [1.82, 2.24) is 36.9 Å². The first-order valence-corrected chi connectivity index (χ1v) is 11.8. The van der Waals surface area contributed by atoms with Crippen LogP contribution in [0.4, 0.5) is 0 Å². The Morgan fingerprint density at radius 3 is 1.17 bits per heavy atom. The van der Waals surface area contributed by atoms with E-state index in [1.165, 1.54) is 0 Å². The summed E-state index contributed by atoms with van der Waals surface area (Å²) >= 11 is 6.81. The molecule has 0 unspecified atom stereocenters. The van der Waals surface area contributed by atoms with Gasteiger partial charge in [-0.15, -0.1) is 16.5 Å². The zero-order chi connectivity index (χ0) is 31.0. The average molecular weight is 684 g/mol. The predicted octanol–water partition coefficient (Wildman–Crippen LogP) is -4.21. The summed E-state index contributed by atoms with van der Waals surface area (Å²) in [5.74, 6) is -1.09. The minimum absolute atomic E-state index is 0. The fourth-order valence-electron chi connectivity index (χ4n) is 3.49. The van der Waals surface area contributed by atoms with Crippen LogP contribution in [0.2, 0.25) is 0 Å². The van der Waals surface area contributed by atoms with Crippen LogP contribution in [0.25, 0.3) is 0 Å². The van der Waals surface area contributed by atoms with Crippen molar-refractivity contribution in [1.29, 1.82) is 0 Å². The molecule has 3 rings (SSSR count). The fourth-order valence-corrected chi connectivity index (χ4v) is 3.77. The van der Waals surface area contributed by atoms with Crippen molar-refractivity contribution in [3.05, 3.63) is 50.9 Å². The molecule has 248 valence electrons. The summed E-state index contributed by atoms with van der Waals surface area (Å²) in [6.45, 7) is 6.88. The zero-order valence-corrected chi connectivity index (χ0v) is 23.9. The van der Waals surface area contributed by atoms with Crippen molar-refractivity contribution < 1.29 is 47.4 Å². The molecule has 3 heterocycles. The van der Waals surface area contributed by atoms with Gasteiger partial charge in [0.05, 0.1) is 31.0 Å². The van der Waals surface area contributed by atoms with Gasteiger partial charge in [0.2, 0.25) is 0 Å². The quantitative estimate of drug-likeness (QED) is 0.0638. The van der Waals surface area contributed by atoms with E-state index >= 15 is 0 Å². The van der Waals surface area contributed by atoms with Gasteiger partial charge in [0.25, 0.3) is 0 Å². The van der Waals surface area contributed by atoms with Crippen LogP contribution in [0.3, 0.4) is 0 Å². The molecule has 0 amide bonds. The van der Waals surface area contributed by atoms with Gasteiger partial charge in [-0.3, -0.25) is 4.79 Å². The Balaban J connectivity index is -0.000000439. The molecule has 0 aliphatic carbocycles. The molecule has 0 spiro atoms. The van der Waals surface area contributed by atoms with Gasteiger partial charge < -0.3 is 88.4 Å². The van der Waals surface area contributed by atoms with E-state index in [-0.39, 0.29) is 22.3 Å². The largest absolute Gasteiger partial charge is 3.00 e. The number of nitrogens with one attached hydrogen (secondary N) is 6. The second-order valence-electron chi connectivity index (χ2n) is 8.14. The molecule has 0 aromatic rings. The van der Waals surface area contributed by atoms with E-state index in [1.807, 2.05) is 0 Å². The molecule has 0 atom stereocenters. The maximum absolute atomic E-state index is 11.5. The molecule has 3 fully saturated rings. The van der Waals surface area contributed by atoms with Crippen molar-refractivity contribution >= 4 is 17.6 Å². The number of nitroso groups, excluding NO2 is 1. The van der Waals surface area contributed by atoms with Crippen molar-refractivity contribution in [2.45, 2.75) is 10.4 Å². The van der Waals surface area contributed by atoms with Gasteiger partial charge in [-0.25, -0.2) is 5.01 Å². The fraction of sp³-hybridized carbons (Fsp3) is 0.938. The first-order chi connectivity index (χ1) is 18.7. The summed E-state index contributed by atoms with van der Waals surface area (Å²) in [7, 11) is 0. The Hall–Kier alpha value is -3.01. The molecule has 3 aliphatic heterocycles. The molecule has 26 heteroatoms. The summed E-state index contributed by atoms with van der Waals surface area (Å²) in [5, 5.41) is 77.8. The number of carboxylic acids is 1. The molecule has 0 aromatic carbocycles. The summed E-state index contributed by atoms with van der Waals surface area (Å²) < 4.78 is 0.